The van der Waals surface area contributed by atoms with Crippen molar-refractivity contribution < 1.29 is 19.1 Å². The SMILES string of the molecule is CCOC(=O)[C@@H]1CCc2sc(NC(=O)c3ccnc(OCC4CC4)c3)nc21. The number of pyridine rings is 1. The topological polar surface area (TPSA) is 90.4 Å². The number of anilines is 1. The molecule has 2 aromatic rings. The van der Waals surface area contributed by atoms with Crippen LogP contribution >= 0.6 is 11.3 Å². The molecule has 8 heteroatoms. The van der Waals surface area contributed by atoms with Gasteiger partial charge in [-0.25, -0.2) is 9.97 Å². The zero-order valence-electron chi connectivity index (χ0n) is 15.1. The zero-order chi connectivity index (χ0) is 18.8. The van der Waals surface area contributed by atoms with Crippen LogP contribution in [0.5, 0.6) is 5.88 Å². The molecule has 0 aliphatic heterocycles. The highest BCUT2D eigenvalue weighted by atomic mass is 32.1. The van der Waals surface area contributed by atoms with Crippen molar-refractivity contribution in [3.05, 3.63) is 34.5 Å². The minimum atomic E-state index is -0.329. The number of rotatable bonds is 7. The maximum atomic E-state index is 12.5. The third-order valence-corrected chi connectivity index (χ3v) is 5.72. The summed E-state index contributed by atoms with van der Waals surface area (Å²) in [4.78, 5) is 34.2. The summed E-state index contributed by atoms with van der Waals surface area (Å²) in [6.07, 6.45) is 5.45. The molecule has 1 N–H and O–H groups in total. The van der Waals surface area contributed by atoms with E-state index in [0.717, 1.165) is 17.0 Å². The Bertz CT molecular complexity index is 862. The molecule has 2 aromatic heterocycles. The third kappa shape index (κ3) is 4.10. The van der Waals surface area contributed by atoms with E-state index in [2.05, 4.69) is 15.3 Å². The molecule has 0 radical (unpaired) electrons. The highest BCUT2D eigenvalue weighted by molar-refractivity contribution is 7.16. The van der Waals surface area contributed by atoms with E-state index in [1.807, 2.05) is 0 Å². The smallest absolute Gasteiger partial charge is 0.315 e. The number of fused-ring (bicyclic) bond motifs is 1. The average Bonchev–Trinajstić information content (AvgIpc) is 3.29. The van der Waals surface area contributed by atoms with Gasteiger partial charge in [0.2, 0.25) is 5.88 Å². The summed E-state index contributed by atoms with van der Waals surface area (Å²) < 4.78 is 10.7. The molecule has 0 aromatic carbocycles. The van der Waals surface area contributed by atoms with Gasteiger partial charge in [0.1, 0.15) is 5.92 Å². The number of aromatic nitrogens is 2. The number of carbonyl (C=O) groups excluding carboxylic acids is 2. The molecule has 1 atom stereocenters. The first kappa shape index (κ1) is 17.9. The van der Waals surface area contributed by atoms with Crippen LogP contribution < -0.4 is 10.1 Å². The van der Waals surface area contributed by atoms with Crippen molar-refractivity contribution in [2.24, 2.45) is 5.92 Å². The molecule has 142 valence electrons. The largest absolute Gasteiger partial charge is 0.477 e. The first-order valence-corrected chi connectivity index (χ1v) is 10.0. The van der Waals surface area contributed by atoms with E-state index in [9.17, 15) is 9.59 Å². The average molecular weight is 387 g/mol. The van der Waals surface area contributed by atoms with E-state index in [1.165, 1.54) is 24.2 Å². The van der Waals surface area contributed by atoms with Crippen LogP contribution in [0.25, 0.3) is 0 Å². The molecule has 0 spiro atoms. The van der Waals surface area contributed by atoms with E-state index < -0.39 is 0 Å². The van der Waals surface area contributed by atoms with Crippen LogP contribution in [0.2, 0.25) is 0 Å². The van der Waals surface area contributed by atoms with Gasteiger partial charge in [0.15, 0.2) is 5.13 Å². The molecule has 2 aliphatic rings. The van der Waals surface area contributed by atoms with Gasteiger partial charge in [-0.05, 0) is 44.6 Å². The van der Waals surface area contributed by atoms with Gasteiger partial charge >= 0.3 is 5.97 Å². The van der Waals surface area contributed by atoms with Gasteiger partial charge in [0, 0.05) is 22.7 Å². The van der Waals surface area contributed by atoms with Crippen molar-refractivity contribution >= 4 is 28.3 Å². The van der Waals surface area contributed by atoms with E-state index in [-0.39, 0.29) is 17.8 Å². The fraction of sp³-hybridized carbons (Fsp3) is 0.474. The number of hydrogen-bond acceptors (Lipinski definition) is 7. The lowest BCUT2D eigenvalue weighted by atomic mass is 10.1. The fourth-order valence-corrected chi connectivity index (χ4v) is 4.07. The van der Waals surface area contributed by atoms with Crippen molar-refractivity contribution in [1.82, 2.24) is 9.97 Å². The Kier molecular flexibility index (Phi) is 5.07. The summed E-state index contributed by atoms with van der Waals surface area (Å²) >= 11 is 1.41. The number of aryl methyl sites for hydroxylation is 1. The number of carbonyl (C=O) groups is 2. The predicted molar refractivity (Wildman–Crippen MR) is 100 cm³/mol. The number of hydrogen-bond donors (Lipinski definition) is 1. The second-order valence-electron chi connectivity index (χ2n) is 6.76. The van der Waals surface area contributed by atoms with Crippen molar-refractivity contribution in [2.75, 3.05) is 18.5 Å². The Labute approximate surface area is 161 Å². The minimum absolute atomic E-state index is 0.244. The van der Waals surface area contributed by atoms with Gasteiger partial charge in [0.05, 0.1) is 18.9 Å². The van der Waals surface area contributed by atoms with Crippen LogP contribution in [0.4, 0.5) is 5.13 Å². The normalized spacial score (nSPS) is 18.0. The first-order valence-electron chi connectivity index (χ1n) is 9.20. The Morgan fingerprint density at radius 3 is 2.96 bits per heavy atom. The summed E-state index contributed by atoms with van der Waals surface area (Å²) in [7, 11) is 0. The monoisotopic (exact) mass is 387 g/mol. The molecule has 2 aliphatic carbocycles. The zero-order valence-corrected chi connectivity index (χ0v) is 15.9. The molecular weight excluding hydrogens is 366 g/mol. The van der Waals surface area contributed by atoms with Crippen molar-refractivity contribution in [1.29, 1.82) is 0 Å². The van der Waals surface area contributed by atoms with E-state index in [4.69, 9.17) is 9.47 Å². The minimum Gasteiger partial charge on any atom is -0.477 e. The first-order chi connectivity index (χ1) is 13.1. The Balaban J connectivity index is 1.42. The van der Waals surface area contributed by atoms with Crippen molar-refractivity contribution in [3.63, 3.8) is 0 Å². The molecule has 1 saturated carbocycles. The summed E-state index contributed by atoms with van der Waals surface area (Å²) in [5.41, 5.74) is 1.20. The summed E-state index contributed by atoms with van der Waals surface area (Å²) in [5, 5.41) is 3.31. The summed E-state index contributed by atoms with van der Waals surface area (Å²) in [5.74, 6) is 0.234. The molecule has 1 amide bonds. The number of nitrogens with zero attached hydrogens (tertiary/aromatic N) is 2. The molecule has 0 bridgehead atoms. The van der Waals surface area contributed by atoms with Crippen molar-refractivity contribution in [3.8, 4) is 5.88 Å². The molecule has 4 rings (SSSR count). The quantitative estimate of drug-likeness (QED) is 0.734. The van der Waals surface area contributed by atoms with Crippen LogP contribution in [0, 0.1) is 5.92 Å². The molecule has 0 unspecified atom stereocenters. The second-order valence-corrected chi connectivity index (χ2v) is 7.85. The fourth-order valence-electron chi connectivity index (χ4n) is 3.04. The maximum Gasteiger partial charge on any atom is 0.315 e. The van der Waals surface area contributed by atoms with Crippen molar-refractivity contribution in [2.45, 2.75) is 38.5 Å². The Hall–Kier alpha value is -2.48. The maximum absolute atomic E-state index is 12.5. The van der Waals surface area contributed by atoms with Crippen LogP contribution in [0.3, 0.4) is 0 Å². The van der Waals surface area contributed by atoms with Crippen LogP contribution in [-0.4, -0.2) is 35.1 Å². The summed E-state index contributed by atoms with van der Waals surface area (Å²) in [6.45, 7) is 2.79. The van der Waals surface area contributed by atoms with Crippen LogP contribution in [0.15, 0.2) is 18.3 Å². The predicted octanol–water partition coefficient (Wildman–Crippen LogP) is 3.17. The lowest BCUT2D eigenvalue weighted by Gasteiger charge is -2.08. The number of esters is 1. The number of thiazole rings is 1. The van der Waals surface area contributed by atoms with Gasteiger partial charge in [-0.1, -0.05) is 0 Å². The van der Waals surface area contributed by atoms with Gasteiger partial charge in [-0.2, -0.15) is 0 Å². The Morgan fingerprint density at radius 1 is 1.33 bits per heavy atom. The lowest BCUT2D eigenvalue weighted by molar-refractivity contribution is -0.145. The van der Waals surface area contributed by atoms with Gasteiger partial charge in [-0.3, -0.25) is 14.9 Å². The molecule has 27 heavy (non-hydrogen) atoms. The highest BCUT2D eigenvalue weighted by Crippen LogP contribution is 2.39. The second kappa shape index (κ2) is 7.64. The molecule has 7 nitrogen and oxygen atoms in total. The van der Waals surface area contributed by atoms with Gasteiger partial charge in [-0.15, -0.1) is 11.3 Å². The van der Waals surface area contributed by atoms with E-state index in [1.54, 1.807) is 25.3 Å². The number of amides is 1. The van der Waals surface area contributed by atoms with Crippen LogP contribution in [-0.2, 0) is 16.0 Å². The molecule has 0 saturated heterocycles. The molecular formula is C19H21N3O4S. The van der Waals surface area contributed by atoms with E-state index >= 15 is 0 Å². The van der Waals surface area contributed by atoms with Crippen LogP contribution in [0.1, 0.15) is 53.0 Å². The number of ether oxygens (including phenoxy) is 2. The molecule has 1 fully saturated rings. The third-order valence-electron chi connectivity index (χ3n) is 4.67. The molecule has 2 heterocycles. The Morgan fingerprint density at radius 2 is 2.19 bits per heavy atom. The highest BCUT2D eigenvalue weighted by Gasteiger charge is 2.33. The van der Waals surface area contributed by atoms with Gasteiger partial charge in [0.25, 0.3) is 5.91 Å². The van der Waals surface area contributed by atoms with E-state index in [0.29, 0.717) is 42.1 Å². The van der Waals surface area contributed by atoms with Gasteiger partial charge < -0.3 is 9.47 Å². The standard InChI is InChI=1S/C19H21N3O4S/c1-2-25-18(24)13-5-6-14-16(13)21-19(27-14)22-17(23)12-7-8-20-15(9-12)26-10-11-3-4-11/h7-9,11,13H,2-6,10H2,1H3,(H,21,22,23)/t13-/m1/s1. The lowest BCUT2D eigenvalue weighted by Crippen LogP contribution is -2.15. The summed E-state index contributed by atoms with van der Waals surface area (Å²) in [6, 6.07) is 3.28. The number of nitrogens with one attached hydrogen (secondary N) is 1.